The first kappa shape index (κ1) is 17.9. The van der Waals surface area contributed by atoms with Gasteiger partial charge in [0.15, 0.2) is 0 Å². The Kier molecular flexibility index (Phi) is 7.02. The van der Waals surface area contributed by atoms with Crippen molar-refractivity contribution in [3.63, 3.8) is 0 Å². The monoisotopic (exact) mass is 319 g/mol. The van der Waals surface area contributed by atoms with Gasteiger partial charge in [-0.1, -0.05) is 18.2 Å². The Balaban J connectivity index is 1.70. The third kappa shape index (κ3) is 5.61. The van der Waals surface area contributed by atoms with Gasteiger partial charge in [-0.15, -0.1) is 0 Å². The van der Waals surface area contributed by atoms with Crippen LogP contribution >= 0.6 is 0 Å². The van der Waals surface area contributed by atoms with Crippen LogP contribution in [0.15, 0.2) is 30.3 Å². The first-order valence-electron chi connectivity index (χ1n) is 8.48. The van der Waals surface area contributed by atoms with E-state index in [0.717, 1.165) is 19.6 Å². The number of aliphatic hydroxyl groups is 1. The highest BCUT2D eigenvalue weighted by Crippen LogP contribution is 2.11. The zero-order valence-corrected chi connectivity index (χ0v) is 14.2. The first-order chi connectivity index (χ1) is 11.1. The molecule has 0 aliphatic carbocycles. The van der Waals surface area contributed by atoms with E-state index in [4.69, 9.17) is 0 Å². The summed E-state index contributed by atoms with van der Waals surface area (Å²) in [5, 5.41) is 13.5. The molecular formula is C18H29N3O2. The fourth-order valence-corrected chi connectivity index (χ4v) is 3.07. The first-order valence-corrected chi connectivity index (χ1v) is 8.48. The van der Waals surface area contributed by atoms with E-state index < -0.39 is 6.10 Å². The molecule has 2 rings (SSSR count). The summed E-state index contributed by atoms with van der Waals surface area (Å²) < 4.78 is 0. The summed E-state index contributed by atoms with van der Waals surface area (Å²) in [5.41, 5.74) is 0.663. The summed E-state index contributed by atoms with van der Waals surface area (Å²) in [6.45, 7) is 3.43. The van der Waals surface area contributed by atoms with Gasteiger partial charge in [0, 0.05) is 31.7 Å². The number of aliphatic hydroxyl groups excluding tert-OH is 1. The van der Waals surface area contributed by atoms with Crippen molar-refractivity contribution in [1.82, 2.24) is 15.1 Å². The van der Waals surface area contributed by atoms with Crippen LogP contribution in [0, 0.1) is 0 Å². The number of nitrogens with one attached hydrogen (secondary N) is 1. The Morgan fingerprint density at radius 3 is 2.61 bits per heavy atom. The van der Waals surface area contributed by atoms with Crippen molar-refractivity contribution in [2.75, 3.05) is 40.3 Å². The van der Waals surface area contributed by atoms with Gasteiger partial charge >= 0.3 is 0 Å². The number of rotatable bonds is 7. The van der Waals surface area contributed by atoms with Crippen LogP contribution in [0.4, 0.5) is 0 Å². The molecule has 1 saturated heterocycles. The summed E-state index contributed by atoms with van der Waals surface area (Å²) in [6.07, 6.45) is 2.56. The highest BCUT2D eigenvalue weighted by molar-refractivity contribution is 5.93. The minimum atomic E-state index is -0.477. The number of nitrogens with zero attached hydrogens (tertiary/aromatic N) is 2. The van der Waals surface area contributed by atoms with Gasteiger partial charge in [-0.05, 0) is 51.5 Å². The number of likely N-dealkylation sites (tertiary alicyclic amines) is 1. The molecule has 1 aromatic rings. The Morgan fingerprint density at radius 2 is 2.00 bits per heavy atom. The van der Waals surface area contributed by atoms with E-state index >= 15 is 0 Å². The van der Waals surface area contributed by atoms with Crippen LogP contribution in [0.1, 0.15) is 29.6 Å². The molecular weight excluding hydrogens is 290 g/mol. The Hall–Kier alpha value is -1.43. The van der Waals surface area contributed by atoms with E-state index in [9.17, 15) is 9.90 Å². The van der Waals surface area contributed by atoms with E-state index in [0.29, 0.717) is 24.6 Å². The van der Waals surface area contributed by atoms with E-state index in [1.165, 1.54) is 12.8 Å². The maximum absolute atomic E-state index is 12.3. The Bertz CT molecular complexity index is 472. The molecule has 1 fully saturated rings. The average Bonchev–Trinajstić information content (AvgIpc) is 2.60. The minimum Gasteiger partial charge on any atom is -0.391 e. The molecule has 0 aromatic heterocycles. The lowest BCUT2D eigenvalue weighted by atomic mass is 10.0. The third-order valence-corrected chi connectivity index (χ3v) is 4.63. The molecule has 1 amide bonds. The second-order valence-electron chi connectivity index (χ2n) is 6.40. The molecule has 1 heterocycles. The molecule has 2 N–H and O–H groups in total. The quantitative estimate of drug-likeness (QED) is 0.793. The number of benzene rings is 1. The largest absolute Gasteiger partial charge is 0.391 e. The number of hydrogen-bond acceptors (Lipinski definition) is 4. The van der Waals surface area contributed by atoms with Crippen molar-refractivity contribution in [1.29, 1.82) is 0 Å². The summed E-state index contributed by atoms with van der Waals surface area (Å²) in [7, 11) is 3.76. The van der Waals surface area contributed by atoms with Crippen LogP contribution < -0.4 is 5.32 Å². The normalized spacial score (nSPS) is 17.9. The molecule has 5 nitrogen and oxygen atoms in total. The molecule has 0 bridgehead atoms. The van der Waals surface area contributed by atoms with Gasteiger partial charge in [-0.3, -0.25) is 4.79 Å². The third-order valence-electron chi connectivity index (χ3n) is 4.63. The van der Waals surface area contributed by atoms with Gasteiger partial charge < -0.3 is 20.2 Å². The molecule has 0 radical (unpaired) electrons. The fraction of sp³-hybridized carbons (Fsp3) is 0.611. The second kappa shape index (κ2) is 9.01. The Morgan fingerprint density at radius 1 is 1.35 bits per heavy atom. The number of likely N-dealkylation sites (N-methyl/N-ethyl adjacent to an activating group) is 1. The van der Waals surface area contributed by atoms with Gasteiger partial charge in [0.25, 0.3) is 5.91 Å². The smallest absolute Gasteiger partial charge is 0.253 e. The van der Waals surface area contributed by atoms with Crippen molar-refractivity contribution in [2.24, 2.45) is 0 Å². The van der Waals surface area contributed by atoms with Crippen LogP contribution in [-0.2, 0) is 0 Å². The van der Waals surface area contributed by atoms with Crippen LogP contribution in [-0.4, -0.2) is 73.2 Å². The molecule has 1 aliphatic heterocycles. The van der Waals surface area contributed by atoms with Gasteiger partial charge in [-0.25, -0.2) is 0 Å². The van der Waals surface area contributed by atoms with E-state index in [1.54, 1.807) is 24.1 Å². The molecule has 128 valence electrons. The van der Waals surface area contributed by atoms with Crippen LogP contribution in [0.2, 0.25) is 0 Å². The second-order valence-corrected chi connectivity index (χ2v) is 6.40. The predicted molar refractivity (Wildman–Crippen MR) is 92.5 cm³/mol. The SMILES string of the molecule is CNC1CCN(CCC(O)CN(C)C(=O)c2ccccc2)CC1. The molecule has 1 atom stereocenters. The summed E-state index contributed by atoms with van der Waals surface area (Å²) in [4.78, 5) is 16.3. The average molecular weight is 319 g/mol. The maximum atomic E-state index is 12.3. The zero-order valence-electron chi connectivity index (χ0n) is 14.2. The van der Waals surface area contributed by atoms with Crippen LogP contribution in [0.25, 0.3) is 0 Å². The standard InChI is InChI=1S/C18H29N3O2/c1-19-16-8-11-21(12-9-16)13-10-17(22)14-20(2)18(23)15-6-4-3-5-7-15/h3-7,16-17,19,22H,8-14H2,1-2H3. The van der Waals surface area contributed by atoms with Crippen LogP contribution in [0.3, 0.4) is 0 Å². The lowest BCUT2D eigenvalue weighted by Crippen LogP contribution is -2.42. The summed E-state index contributed by atoms with van der Waals surface area (Å²) in [6, 6.07) is 9.83. The lowest BCUT2D eigenvalue weighted by Gasteiger charge is -2.32. The minimum absolute atomic E-state index is 0.0421. The number of carbonyl (C=O) groups is 1. The molecule has 5 heteroatoms. The highest BCUT2D eigenvalue weighted by Gasteiger charge is 2.19. The summed E-state index contributed by atoms with van der Waals surface area (Å²) >= 11 is 0. The van der Waals surface area contributed by atoms with Gasteiger partial charge in [0.1, 0.15) is 0 Å². The van der Waals surface area contributed by atoms with E-state index in [1.807, 2.05) is 25.2 Å². The molecule has 1 aromatic carbocycles. The predicted octanol–water partition coefficient (Wildman–Crippen LogP) is 1.19. The molecule has 0 spiro atoms. The van der Waals surface area contributed by atoms with E-state index in [2.05, 4.69) is 10.2 Å². The van der Waals surface area contributed by atoms with Crippen LogP contribution in [0.5, 0.6) is 0 Å². The number of amides is 1. The van der Waals surface area contributed by atoms with Gasteiger partial charge in [0.2, 0.25) is 0 Å². The Labute approximate surface area is 139 Å². The molecule has 0 saturated carbocycles. The van der Waals surface area contributed by atoms with E-state index in [-0.39, 0.29) is 5.91 Å². The van der Waals surface area contributed by atoms with Crippen molar-refractivity contribution in [3.05, 3.63) is 35.9 Å². The number of piperidine rings is 1. The molecule has 23 heavy (non-hydrogen) atoms. The highest BCUT2D eigenvalue weighted by atomic mass is 16.3. The molecule has 1 unspecified atom stereocenters. The summed E-state index contributed by atoms with van der Waals surface area (Å²) in [5.74, 6) is -0.0421. The maximum Gasteiger partial charge on any atom is 0.253 e. The van der Waals surface area contributed by atoms with Crippen molar-refractivity contribution < 1.29 is 9.90 Å². The van der Waals surface area contributed by atoms with Crippen molar-refractivity contribution >= 4 is 5.91 Å². The molecule has 1 aliphatic rings. The fourth-order valence-electron chi connectivity index (χ4n) is 3.07. The van der Waals surface area contributed by atoms with Crippen molar-refractivity contribution in [2.45, 2.75) is 31.4 Å². The lowest BCUT2D eigenvalue weighted by molar-refractivity contribution is 0.0635. The topological polar surface area (TPSA) is 55.8 Å². The van der Waals surface area contributed by atoms with Gasteiger partial charge in [-0.2, -0.15) is 0 Å². The number of hydrogen-bond donors (Lipinski definition) is 2. The van der Waals surface area contributed by atoms with Crippen molar-refractivity contribution in [3.8, 4) is 0 Å². The zero-order chi connectivity index (χ0) is 16.7. The van der Waals surface area contributed by atoms with Gasteiger partial charge in [0.05, 0.1) is 6.10 Å². The number of carbonyl (C=O) groups excluding carboxylic acids is 1.